The summed E-state index contributed by atoms with van der Waals surface area (Å²) in [5, 5.41) is 2.95. The molecule has 0 aliphatic carbocycles. The van der Waals surface area contributed by atoms with Crippen LogP contribution in [0.1, 0.15) is 24.4 Å². The zero-order chi connectivity index (χ0) is 17.9. The predicted molar refractivity (Wildman–Crippen MR) is 102 cm³/mol. The Morgan fingerprint density at radius 2 is 1.81 bits per heavy atom. The molecule has 2 atom stereocenters. The first-order chi connectivity index (χ1) is 12.7. The van der Waals surface area contributed by atoms with Crippen LogP contribution < -0.4 is 25.6 Å². The third-order valence-electron chi connectivity index (χ3n) is 4.51. The number of halogens is 1. The van der Waals surface area contributed by atoms with E-state index in [1.54, 1.807) is 0 Å². The van der Waals surface area contributed by atoms with Crippen molar-refractivity contribution in [3.8, 4) is 11.5 Å². The van der Waals surface area contributed by atoms with Gasteiger partial charge in [0.25, 0.3) is 0 Å². The molecule has 0 spiro atoms. The fourth-order valence-corrected chi connectivity index (χ4v) is 3.38. The van der Waals surface area contributed by atoms with Crippen LogP contribution in [0.25, 0.3) is 0 Å². The molecule has 1 saturated heterocycles. The molecule has 2 aliphatic heterocycles. The number of carbonyl (C=O) groups excluding carboxylic acids is 1. The highest BCUT2D eigenvalue weighted by Gasteiger charge is 2.30. The summed E-state index contributed by atoms with van der Waals surface area (Å²) in [5.74, 6) is 1.31. The minimum absolute atomic E-state index is 0.0772. The Balaban J connectivity index is 1.39. The topological polar surface area (TPSA) is 71.6 Å². The molecule has 3 N–H and O–H groups in total. The molecule has 0 bridgehead atoms. The molecule has 7 heteroatoms. The maximum atomic E-state index is 12.6. The number of rotatable bonds is 3. The lowest BCUT2D eigenvalue weighted by Crippen LogP contribution is -2.39. The molecule has 136 valence electrons. The highest BCUT2D eigenvalue weighted by atomic mass is 79.9. The van der Waals surface area contributed by atoms with Crippen LogP contribution in [-0.2, 0) is 4.79 Å². The van der Waals surface area contributed by atoms with Crippen molar-refractivity contribution in [1.82, 2.24) is 10.9 Å². The van der Waals surface area contributed by atoms with Crippen LogP contribution in [0.3, 0.4) is 0 Å². The summed E-state index contributed by atoms with van der Waals surface area (Å²) >= 11 is 3.44. The molecule has 0 radical (unpaired) electrons. The molecular formula is C19H20BrN3O3. The van der Waals surface area contributed by atoms with Crippen LogP contribution in [-0.4, -0.2) is 25.2 Å². The van der Waals surface area contributed by atoms with E-state index in [0.717, 1.165) is 22.2 Å². The van der Waals surface area contributed by atoms with Crippen LogP contribution in [0.5, 0.6) is 11.5 Å². The van der Waals surface area contributed by atoms with E-state index in [1.807, 2.05) is 42.5 Å². The Labute approximate surface area is 160 Å². The Bertz CT molecular complexity index is 797. The first-order valence-electron chi connectivity index (χ1n) is 8.66. The van der Waals surface area contributed by atoms with E-state index in [2.05, 4.69) is 32.1 Å². The van der Waals surface area contributed by atoms with Crippen LogP contribution >= 0.6 is 15.9 Å². The first-order valence-corrected chi connectivity index (χ1v) is 9.45. The Morgan fingerprint density at radius 1 is 1.04 bits per heavy atom. The predicted octanol–water partition coefficient (Wildman–Crippen LogP) is 3.16. The second-order valence-electron chi connectivity index (χ2n) is 6.38. The van der Waals surface area contributed by atoms with Crippen molar-refractivity contribution in [3.05, 3.63) is 52.5 Å². The molecule has 4 rings (SSSR count). The van der Waals surface area contributed by atoms with Gasteiger partial charge >= 0.3 is 0 Å². The molecule has 2 aromatic carbocycles. The molecule has 1 amide bonds. The number of hydrazine groups is 1. The smallest absolute Gasteiger partial charge is 0.242 e. The number of amides is 1. The Hall–Kier alpha value is -2.09. The summed E-state index contributed by atoms with van der Waals surface area (Å²) in [4.78, 5) is 12.6. The lowest BCUT2D eigenvalue weighted by molar-refractivity contribution is -0.117. The van der Waals surface area contributed by atoms with Crippen molar-refractivity contribution in [2.75, 3.05) is 18.5 Å². The van der Waals surface area contributed by atoms with E-state index in [0.29, 0.717) is 31.1 Å². The van der Waals surface area contributed by atoms with Gasteiger partial charge in [-0.25, -0.2) is 10.9 Å². The number of anilines is 1. The number of ether oxygens (including phenoxy) is 2. The molecule has 0 saturated carbocycles. The molecule has 2 aliphatic rings. The van der Waals surface area contributed by atoms with E-state index >= 15 is 0 Å². The van der Waals surface area contributed by atoms with E-state index in [-0.39, 0.29) is 18.0 Å². The second kappa shape index (κ2) is 7.65. The number of nitrogens with one attached hydrogen (secondary N) is 3. The van der Waals surface area contributed by atoms with E-state index < -0.39 is 0 Å². The van der Waals surface area contributed by atoms with Gasteiger partial charge in [0.15, 0.2) is 11.5 Å². The molecule has 1 fully saturated rings. The van der Waals surface area contributed by atoms with Crippen molar-refractivity contribution in [2.24, 2.45) is 0 Å². The Morgan fingerprint density at radius 3 is 2.62 bits per heavy atom. The van der Waals surface area contributed by atoms with E-state index in [4.69, 9.17) is 9.47 Å². The fraction of sp³-hybridized carbons (Fsp3) is 0.316. The lowest BCUT2D eigenvalue weighted by atomic mass is 10.0. The van der Waals surface area contributed by atoms with Gasteiger partial charge in [-0.1, -0.05) is 28.1 Å². The fourth-order valence-electron chi connectivity index (χ4n) is 3.11. The molecule has 26 heavy (non-hydrogen) atoms. The maximum absolute atomic E-state index is 12.6. The van der Waals surface area contributed by atoms with Crippen LogP contribution in [0, 0.1) is 0 Å². The minimum atomic E-state index is -0.306. The lowest BCUT2D eigenvalue weighted by Gasteiger charge is -2.13. The van der Waals surface area contributed by atoms with Crippen molar-refractivity contribution >= 4 is 27.5 Å². The molecule has 2 unspecified atom stereocenters. The standard InChI is InChI=1S/C19H20BrN3O3/c20-13-4-2-12(3-5-13)15-11-16(23-22-15)19(24)21-14-6-7-17-18(10-14)26-9-1-8-25-17/h2-7,10,15-16,22-23H,1,8-9,11H2,(H,21,24). The number of carbonyl (C=O) groups is 1. The number of benzene rings is 2. The van der Waals surface area contributed by atoms with Gasteiger partial charge in [0, 0.05) is 28.7 Å². The van der Waals surface area contributed by atoms with Gasteiger partial charge in [-0.05, 0) is 36.2 Å². The normalized spacial score (nSPS) is 21.9. The van der Waals surface area contributed by atoms with E-state index in [1.165, 1.54) is 0 Å². The Kier molecular flexibility index (Phi) is 5.10. The van der Waals surface area contributed by atoms with Gasteiger partial charge in [-0.3, -0.25) is 4.79 Å². The highest BCUT2D eigenvalue weighted by Crippen LogP contribution is 2.32. The van der Waals surface area contributed by atoms with Crippen molar-refractivity contribution < 1.29 is 14.3 Å². The number of hydrogen-bond donors (Lipinski definition) is 3. The quantitative estimate of drug-likeness (QED) is 0.715. The SMILES string of the molecule is O=C(Nc1ccc2c(c1)OCCCO2)C1CC(c2ccc(Br)cc2)NN1. The third-order valence-corrected chi connectivity index (χ3v) is 5.04. The monoisotopic (exact) mass is 417 g/mol. The maximum Gasteiger partial charge on any atom is 0.242 e. The molecule has 0 aromatic heterocycles. The van der Waals surface area contributed by atoms with Crippen LogP contribution in [0.4, 0.5) is 5.69 Å². The number of fused-ring (bicyclic) bond motifs is 1. The van der Waals surface area contributed by atoms with Crippen molar-refractivity contribution in [1.29, 1.82) is 0 Å². The summed E-state index contributed by atoms with van der Waals surface area (Å²) in [7, 11) is 0. The zero-order valence-electron chi connectivity index (χ0n) is 14.1. The zero-order valence-corrected chi connectivity index (χ0v) is 15.7. The third kappa shape index (κ3) is 3.85. The van der Waals surface area contributed by atoms with Gasteiger partial charge in [0.2, 0.25) is 5.91 Å². The minimum Gasteiger partial charge on any atom is -0.490 e. The van der Waals surface area contributed by atoms with Crippen molar-refractivity contribution in [2.45, 2.75) is 24.9 Å². The van der Waals surface area contributed by atoms with Gasteiger partial charge in [-0.2, -0.15) is 0 Å². The van der Waals surface area contributed by atoms with Gasteiger partial charge in [0.05, 0.1) is 13.2 Å². The summed E-state index contributed by atoms with van der Waals surface area (Å²) in [5.41, 5.74) is 8.13. The van der Waals surface area contributed by atoms with Crippen LogP contribution in [0.2, 0.25) is 0 Å². The second-order valence-corrected chi connectivity index (χ2v) is 7.30. The van der Waals surface area contributed by atoms with Gasteiger partial charge < -0.3 is 14.8 Å². The highest BCUT2D eigenvalue weighted by molar-refractivity contribution is 9.10. The van der Waals surface area contributed by atoms with Gasteiger partial charge in [-0.15, -0.1) is 0 Å². The molecule has 6 nitrogen and oxygen atoms in total. The number of hydrogen-bond acceptors (Lipinski definition) is 5. The molecule has 2 aromatic rings. The summed E-state index contributed by atoms with van der Waals surface area (Å²) in [6, 6.07) is 13.4. The average molecular weight is 418 g/mol. The summed E-state index contributed by atoms with van der Waals surface area (Å²) < 4.78 is 12.3. The van der Waals surface area contributed by atoms with Crippen LogP contribution in [0.15, 0.2) is 46.9 Å². The summed E-state index contributed by atoms with van der Waals surface area (Å²) in [6.07, 6.45) is 1.53. The average Bonchev–Trinajstić information content (AvgIpc) is 3.02. The van der Waals surface area contributed by atoms with E-state index in [9.17, 15) is 4.79 Å². The molecule has 2 heterocycles. The van der Waals surface area contributed by atoms with Gasteiger partial charge in [0.1, 0.15) is 6.04 Å². The molecular weight excluding hydrogens is 398 g/mol. The van der Waals surface area contributed by atoms with Crippen molar-refractivity contribution in [3.63, 3.8) is 0 Å². The summed E-state index contributed by atoms with van der Waals surface area (Å²) in [6.45, 7) is 1.27. The largest absolute Gasteiger partial charge is 0.490 e. The first kappa shape index (κ1) is 17.3.